The number of hydrogen-bond donors (Lipinski definition) is 0. The van der Waals surface area contributed by atoms with Crippen molar-refractivity contribution in [2.75, 3.05) is 19.6 Å². The van der Waals surface area contributed by atoms with Crippen molar-refractivity contribution in [1.29, 1.82) is 0 Å². The van der Waals surface area contributed by atoms with Crippen LogP contribution in [0.5, 0.6) is 0 Å². The maximum atomic E-state index is 12.8. The van der Waals surface area contributed by atoms with E-state index < -0.39 is 0 Å². The first-order valence-corrected chi connectivity index (χ1v) is 9.51. The molecular formula is C19H27N5O2. The molecule has 0 radical (unpaired) electrons. The molecule has 0 N–H and O–H groups in total. The van der Waals surface area contributed by atoms with Gasteiger partial charge in [-0.3, -0.25) is 14.4 Å². The third-order valence-corrected chi connectivity index (χ3v) is 5.79. The van der Waals surface area contributed by atoms with Gasteiger partial charge in [-0.1, -0.05) is 5.16 Å². The molecule has 3 aliphatic heterocycles. The molecule has 3 fully saturated rings. The first-order valence-electron chi connectivity index (χ1n) is 9.51. The van der Waals surface area contributed by atoms with Gasteiger partial charge >= 0.3 is 0 Å². The molecule has 26 heavy (non-hydrogen) atoms. The van der Waals surface area contributed by atoms with Crippen molar-refractivity contribution in [1.82, 2.24) is 24.7 Å². The zero-order valence-electron chi connectivity index (χ0n) is 15.6. The molecular weight excluding hydrogens is 330 g/mol. The van der Waals surface area contributed by atoms with Crippen LogP contribution < -0.4 is 0 Å². The molecule has 0 spiro atoms. The van der Waals surface area contributed by atoms with Crippen molar-refractivity contribution in [3.8, 4) is 0 Å². The molecule has 2 aromatic heterocycles. The Morgan fingerprint density at radius 1 is 1.27 bits per heavy atom. The second-order valence-electron chi connectivity index (χ2n) is 7.66. The lowest BCUT2D eigenvalue weighted by Gasteiger charge is -2.36. The number of aromatic nitrogens is 3. The van der Waals surface area contributed by atoms with Gasteiger partial charge in [0, 0.05) is 63.1 Å². The third-order valence-electron chi connectivity index (χ3n) is 5.79. The highest BCUT2D eigenvalue weighted by Gasteiger charge is 2.37. The number of carbonyl (C=O) groups excluding carboxylic acids is 1. The minimum absolute atomic E-state index is 0.259. The van der Waals surface area contributed by atoms with Gasteiger partial charge in [-0.25, -0.2) is 0 Å². The molecule has 0 aromatic carbocycles. The molecule has 5 rings (SSSR count). The lowest BCUT2D eigenvalue weighted by Crippen LogP contribution is -2.47. The van der Waals surface area contributed by atoms with Crippen LogP contribution in [0, 0.1) is 19.8 Å². The molecule has 2 unspecified atom stereocenters. The van der Waals surface area contributed by atoms with Crippen molar-refractivity contribution in [3.05, 3.63) is 35.5 Å². The average Bonchev–Trinajstić information content (AvgIpc) is 3.15. The Balaban J connectivity index is 1.40. The van der Waals surface area contributed by atoms with E-state index in [0.717, 1.165) is 44.1 Å². The summed E-state index contributed by atoms with van der Waals surface area (Å²) in [4.78, 5) is 17.4. The molecule has 7 nitrogen and oxygen atoms in total. The van der Waals surface area contributed by atoms with E-state index in [0.29, 0.717) is 24.9 Å². The lowest BCUT2D eigenvalue weighted by molar-refractivity contribution is -0.135. The molecule has 140 valence electrons. The van der Waals surface area contributed by atoms with Gasteiger partial charge in [-0.05, 0) is 38.7 Å². The molecule has 7 heteroatoms. The normalized spacial score (nSPS) is 23.4. The number of carbonyl (C=O) groups is 1. The molecule has 5 heterocycles. The van der Waals surface area contributed by atoms with Crippen molar-refractivity contribution >= 4 is 5.91 Å². The quantitative estimate of drug-likeness (QED) is 0.819. The Kier molecular flexibility index (Phi) is 4.80. The van der Waals surface area contributed by atoms with Crippen LogP contribution in [0.1, 0.15) is 36.3 Å². The monoisotopic (exact) mass is 357 g/mol. The van der Waals surface area contributed by atoms with E-state index in [1.54, 1.807) is 6.20 Å². The summed E-state index contributed by atoms with van der Waals surface area (Å²) in [7, 11) is 0. The molecule has 0 saturated carbocycles. The van der Waals surface area contributed by atoms with E-state index in [-0.39, 0.29) is 5.91 Å². The number of aryl methyl sites for hydroxylation is 3. The fourth-order valence-electron chi connectivity index (χ4n) is 4.35. The Morgan fingerprint density at radius 3 is 2.88 bits per heavy atom. The van der Waals surface area contributed by atoms with Crippen LogP contribution in [-0.4, -0.2) is 56.3 Å². The van der Waals surface area contributed by atoms with Crippen LogP contribution in [-0.2, 0) is 17.9 Å². The first-order chi connectivity index (χ1) is 12.6. The highest BCUT2D eigenvalue weighted by molar-refractivity contribution is 5.76. The van der Waals surface area contributed by atoms with Crippen molar-refractivity contribution in [3.63, 3.8) is 0 Å². The number of amides is 1. The summed E-state index contributed by atoms with van der Waals surface area (Å²) in [6, 6.07) is 2.21. The van der Waals surface area contributed by atoms with E-state index in [9.17, 15) is 4.79 Å². The Bertz CT molecular complexity index is 735. The van der Waals surface area contributed by atoms with E-state index in [1.165, 1.54) is 12.0 Å². The number of rotatable bonds is 5. The summed E-state index contributed by atoms with van der Waals surface area (Å²) in [5.74, 6) is 1.73. The van der Waals surface area contributed by atoms with E-state index in [4.69, 9.17) is 4.52 Å². The molecule has 3 aliphatic rings. The van der Waals surface area contributed by atoms with Crippen LogP contribution in [0.15, 0.2) is 23.0 Å². The van der Waals surface area contributed by atoms with Crippen LogP contribution in [0.3, 0.4) is 0 Å². The fourth-order valence-corrected chi connectivity index (χ4v) is 4.35. The fraction of sp³-hybridized carbons (Fsp3) is 0.632. The van der Waals surface area contributed by atoms with Crippen LogP contribution in [0.25, 0.3) is 0 Å². The molecule has 1 amide bonds. The van der Waals surface area contributed by atoms with Gasteiger partial charge in [0.1, 0.15) is 5.76 Å². The summed E-state index contributed by atoms with van der Waals surface area (Å²) < 4.78 is 7.15. The Morgan fingerprint density at radius 2 is 2.15 bits per heavy atom. The second kappa shape index (κ2) is 7.23. The summed E-state index contributed by atoms with van der Waals surface area (Å²) >= 11 is 0. The zero-order chi connectivity index (χ0) is 18.1. The van der Waals surface area contributed by atoms with Gasteiger partial charge in [-0.15, -0.1) is 0 Å². The minimum atomic E-state index is 0.259. The van der Waals surface area contributed by atoms with Gasteiger partial charge in [0.2, 0.25) is 5.91 Å². The number of fused-ring (bicyclic) bond motifs is 4. The lowest BCUT2D eigenvalue weighted by atomic mass is 9.94. The SMILES string of the molecule is Cc1noc(C)c1CN1CC2CCC(C1)N(C(=O)CCn1cccn1)C2. The molecule has 2 atom stereocenters. The number of piperidine rings is 1. The molecule has 2 aromatic rings. The van der Waals surface area contributed by atoms with E-state index >= 15 is 0 Å². The summed E-state index contributed by atoms with van der Waals surface area (Å²) in [5, 5.41) is 8.27. The summed E-state index contributed by atoms with van der Waals surface area (Å²) in [6.07, 6.45) is 6.51. The highest BCUT2D eigenvalue weighted by atomic mass is 16.5. The molecule has 3 saturated heterocycles. The van der Waals surface area contributed by atoms with Crippen molar-refractivity contribution < 1.29 is 9.32 Å². The van der Waals surface area contributed by atoms with E-state index in [1.807, 2.05) is 30.8 Å². The largest absolute Gasteiger partial charge is 0.361 e. The molecule has 0 aliphatic carbocycles. The van der Waals surface area contributed by atoms with Gasteiger partial charge in [0.05, 0.1) is 5.69 Å². The predicted molar refractivity (Wildman–Crippen MR) is 96.3 cm³/mol. The maximum Gasteiger partial charge on any atom is 0.224 e. The zero-order valence-corrected chi connectivity index (χ0v) is 15.6. The predicted octanol–water partition coefficient (Wildman–Crippen LogP) is 2.00. The van der Waals surface area contributed by atoms with Crippen LogP contribution >= 0.6 is 0 Å². The standard InChI is InChI=1S/C19H27N5O2/c1-14-18(15(2)26-21-14)13-22-10-16-4-5-17(12-22)24(11-16)19(25)6-9-23-8-3-7-20-23/h3,7-8,16-17H,4-6,9-13H2,1-2H3. The highest BCUT2D eigenvalue weighted by Crippen LogP contribution is 2.30. The van der Waals surface area contributed by atoms with E-state index in [2.05, 4.69) is 20.1 Å². The Hall–Kier alpha value is -2.15. The number of hydrogen-bond acceptors (Lipinski definition) is 5. The van der Waals surface area contributed by atoms with Crippen LogP contribution in [0.4, 0.5) is 0 Å². The third kappa shape index (κ3) is 3.53. The average molecular weight is 357 g/mol. The van der Waals surface area contributed by atoms with Crippen molar-refractivity contribution in [2.24, 2.45) is 5.92 Å². The van der Waals surface area contributed by atoms with Crippen molar-refractivity contribution in [2.45, 2.75) is 52.2 Å². The smallest absolute Gasteiger partial charge is 0.224 e. The van der Waals surface area contributed by atoms with Crippen LogP contribution in [0.2, 0.25) is 0 Å². The maximum absolute atomic E-state index is 12.8. The van der Waals surface area contributed by atoms with Gasteiger partial charge in [0.15, 0.2) is 0 Å². The second-order valence-corrected chi connectivity index (χ2v) is 7.66. The summed E-state index contributed by atoms with van der Waals surface area (Å²) in [6.45, 7) is 8.38. The minimum Gasteiger partial charge on any atom is -0.361 e. The molecule has 2 bridgehead atoms. The first kappa shape index (κ1) is 17.3. The van der Waals surface area contributed by atoms with Gasteiger partial charge in [-0.2, -0.15) is 5.10 Å². The van der Waals surface area contributed by atoms with Gasteiger partial charge < -0.3 is 9.42 Å². The summed E-state index contributed by atoms with van der Waals surface area (Å²) in [5.41, 5.74) is 2.18. The number of nitrogens with zero attached hydrogens (tertiary/aromatic N) is 5. The Labute approximate surface area is 153 Å². The van der Waals surface area contributed by atoms with Gasteiger partial charge in [0.25, 0.3) is 0 Å². The topological polar surface area (TPSA) is 67.4 Å².